The van der Waals surface area contributed by atoms with Crippen molar-refractivity contribution in [2.45, 2.75) is 116 Å². The van der Waals surface area contributed by atoms with Gasteiger partial charge in [-0.1, -0.05) is 13.8 Å². The first-order valence-corrected chi connectivity index (χ1v) is 17.7. The molecule has 0 saturated heterocycles. The lowest BCUT2D eigenvalue weighted by Crippen LogP contribution is -2.63. The fourth-order valence-corrected chi connectivity index (χ4v) is 9.95. The maximum Gasteiger partial charge on any atom is 0.0637 e. The Morgan fingerprint density at radius 1 is 0.643 bits per heavy atom. The van der Waals surface area contributed by atoms with Gasteiger partial charge in [-0.05, 0) is 150 Å². The topological polar surface area (TPSA) is 141 Å². The molecule has 4 rings (SSSR count). The molecule has 4 aliphatic carbocycles. The summed E-state index contributed by atoms with van der Waals surface area (Å²) < 4.78 is 26.0. The average molecular weight is 595 g/mol. The molecule has 0 spiro atoms. The van der Waals surface area contributed by atoms with Crippen LogP contribution in [0.15, 0.2) is 0 Å². The lowest BCUT2D eigenvalue weighted by Gasteiger charge is -2.64. The van der Waals surface area contributed by atoms with E-state index in [0.717, 1.165) is 90.8 Å². The molecule has 0 amide bonds. The minimum absolute atomic E-state index is 0.161. The van der Waals surface area contributed by atoms with Gasteiger partial charge in [0.1, 0.15) is 0 Å². The van der Waals surface area contributed by atoms with Crippen molar-refractivity contribution in [1.29, 1.82) is 0 Å². The number of ether oxygens (including phenoxy) is 4. The maximum absolute atomic E-state index is 6.91. The van der Waals surface area contributed by atoms with Gasteiger partial charge in [0.15, 0.2) is 0 Å². The molecule has 0 radical (unpaired) electrons. The zero-order chi connectivity index (χ0) is 30.0. The van der Waals surface area contributed by atoms with Gasteiger partial charge in [-0.3, -0.25) is 0 Å². The van der Waals surface area contributed by atoms with Crippen LogP contribution in [0, 0.1) is 40.4 Å². The van der Waals surface area contributed by atoms with Gasteiger partial charge < -0.3 is 41.9 Å². The molecule has 246 valence electrons. The van der Waals surface area contributed by atoms with E-state index in [0.29, 0.717) is 73.4 Å². The highest BCUT2D eigenvalue weighted by Gasteiger charge is 2.66. The predicted molar refractivity (Wildman–Crippen MR) is 170 cm³/mol. The lowest BCUT2D eigenvalue weighted by atomic mass is 9.43. The fourth-order valence-electron chi connectivity index (χ4n) is 9.95. The van der Waals surface area contributed by atoms with Gasteiger partial charge in [-0.2, -0.15) is 0 Å². The summed E-state index contributed by atoms with van der Waals surface area (Å²) in [5.74, 6) is 3.11. The Hall–Kier alpha value is -0.320. The number of rotatable bonds is 19. The van der Waals surface area contributed by atoms with E-state index in [-0.39, 0.29) is 11.5 Å². The molecule has 4 fully saturated rings. The van der Waals surface area contributed by atoms with Crippen molar-refractivity contribution >= 4 is 0 Å². The monoisotopic (exact) mass is 595 g/mol. The first kappa shape index (κ1) is 34.6. The van der Waals surface area contributed by atoms with Crippen molar-refractivity contribution in [3.05, 3.63) is 0 Å². The Balaban J connectivity index is 1.56. The van der Waals surface area contributed by atoms with Crippen molar-refractivity contribution in [2.24, 2.45) is 63.4 Å². The molecule has 0 aromatic rings. The molecule has 3 unspecified atom stereocenters. The van der Waals surface area contributed by atoms with Crippen LogP contribution in [0.4, 0.5) is 0 Å². The summed E-state index contributed by atoms with van der Waals surface area (Å²) >= 11 is 0. The third-order valence-electron chi connectivity index (χ3n) is 12.3. The van der Waals surface area contributed by atoms with Crippen LogP contribution in [0.5, 0.6) is 0 Å². The van der Waals surface area contributed by atoms with E-state index >= 15 is 0 Å². The van der Waals surface area contributed by atoms with E-state index in [1.54, 1.807) is 0 Å². The Morgan fingerprint density at radius 3 is 2.00 bits per heavy atom. The average Bonchev–Trinajstić information content (AvgIpc) is 3.32. The van der Waals surface area contributed by atoms with Gasteiger partial charge in [-0.15, -0.1) is 0 Å². The summed E-state index contributed by atoms with van der Waals surface area (Å²) in [6.45, 7) is 11.9. The molecule has 8 N–H and O–H groups in total. The highest BCUT2D eigenvalue weighted by atomic mass is 16.5. The predicted octanol–water partition coefficient (Wildman–Crippen LogP) is 4.21. The van der Waals surface area contributed by atoms with E-state index < -0.39 is 0 Å². The first-order chi connectivity index (χ1) is 20.4. The molecule has 0 heterocycles. The van der Waals surface area contributed by atoms with Crippen LogP contribution in [0.3, 0.4) is 0 Å². The maximum atomic E-state index is 6.91. The summed E-state index contributed by atoms with van der Waals surface area (Å²) in [7, 11) is 0. The molecule has 0 aromatic heterocycles. The van der Waals surface area contributed by atoms with Crippen LogP contribution in [-0.2, 0) is 18.9 Å². The summed E-state index contributed by atoms with van der Waals surface area (Å²) in [5, 5.41) is 0. The van der Waals surface area contributed by atoms with Crippen LogP contribution < -0.4 is 22.9 Å². The molecule has 10 atom stereocenters. The molecule has 8 heteroatoms. The van der Waals surface area contributed by atoms with Crippen LogP contribution in [0.1, 0.15) is 97.3 Å². The van der Waals surface area contributed by atoms with Gasteiger partial charge in [0.25, 0.3) is 0 Å². The van der Waals surface area contributed by atoms with E-state index in [1.807, 2.05) is 0 Å². The Morgan fingerprint density at radius 2 is 1.29 bits per heavy atom. The minimum Gasteiger partial charge on any atom is -0.381 e. The van der Waals surface area contributed by atoms with Crippen LogP contribution in [0.25, 0.3) is 0 Å². The summed E-state index contributed by atoms with van der Waals surface area (Å²) in [4.78, 5) is 0. The van der Waals surface area contributed by atoms with Crippen molar-refractivity contribution < 1.29 is 18.9 Å². The minimum atomic E-state index is 0.161. The molecular weight excluding hydrogens is 528 g/mol. The second-order valence-corrected chi connectivity index (χ2v) is 14.5. The molecule has 0 aliphatic heterocycles. The smallest absolute Gasteiger partial charge is 0.0637 e. The Kier molecular flexibility index (Phi) is 13.8. The molecular formula is C34H66N4O4. The lowest BCUT2D eigenvalue weighted by molar-refractivity contribution is -0.225. The molecule has 8 nitrogen and oxygen atoms in total. The summed E-state index contributed by atoms with van der Waals surface area (Å²) in [6.07, 6.45) is 15.4. The van der Waals surface area contributed by atoms with E-state index in [2.05, 4.69) is 13.8 Å². The second-order valence-electron chi connectivity index (χ2n) is 14.5. The zero-order valence-electron chi connectivity index (χ0n) is 27.1. The molecule has 0 aromatic carbocycles. The third kappa shape index (κ3) is 7.72. The zero-order valence-corrected chi connectivity index (χ0v) is 27.1. The second kappa shape index (κ2) is 16.8. The van der Waals surface area contributed by atoms with Gasteiger partial charge >= 0.3 is 0 Å². The fraction of sp³-hybridized carbons (Fsp3) is 1.00. The molecule has 4 saturated carbocycles. The highest BCUT2D eigenvalue weighted by molar-refractivity contribution is 5.14. The van der Waals surface area contributed by atoms with Gasteiger partial charge in [0, 0.05) is 33.0 Å². The highest BCUT2D eigenvalue weighted by Crippen LogP contribution is 2.69. The Bertz CT molecular complexity index is 776. The number of nitrogens with two attached hydrogens (primary N) is 4. The first-order valence-electron chi connectivity index (χ1n) is 17.7. The molecule has 0 bridgehead atoms. The van der Waals surface area contributed by atoms with Crippen LogP contribution >= 0.6 is 0 Å². The van der Waals surface area contributed by atoms with Crippen molar-refractivity contribution in [3.8, 4) is 0 Å². The standard InChI is InChI=1S/C34H66N4O4/c1-33-12-11-27(40-19-5-14-36)22-26(33)23-30(41-20-6-15-37)32-28-10-9-25(8-3-17-39-18-4-13-35)34(28,2)31(24-29(32)33)42-21-7-16-38/h25-32H,3-24,35-38H2,1-2H3/t25?,26?,27-,28+,29+,30-,31+,32?,33+,34-/m1/s1. The number of hydrogen-bond acceptors (Lipinski definition) is 8. The third-order valence-corrected chi connectivity index (χ3v) is 12.3. The van der Waals surface area contributed by atoms with Crippen LogP contribution in [-0.4, -0.2) is 77.5 Å². The number of hydrogen-bond donors (Lipinski definition) is 4. The van der Waals surface area contributed by atoms with Crippen molar-refractivity contribution in [3.63, 3.8) is 0 Å². The molecule has 42 heavy (non-hydrogen) atoms. The van der Waals surface area contributed by atoms with E-state index in [9.17, 15) is 0 Å². The summed E-state index contributed by atoms with van der Waals surface area (Å²) in [6, 6.07) is 0. The SMILES string of the molecule is C[C@@]12C(CCCOCCCN)CC[C@H]1C1[C@H](OCCCN)CC3C[C@H](OCCCN)CC[C@]3(C)[C@H]1C[C@@H]2OCCCN. The quantitative estimate of drug-likeness (QED) is 0.163. The van der Waals surface area contributed by atoms with Crippen molar-refractivity contribution in [2.75, 3.05) is 59.2 Å². The van der Waals surface area contributed by atoms with Crippen LogP contribution in [0.2, 0.25) is 0 Å². The largest absolute Gasteiger partial charge is 0.381 e. The van der Waals surface area contributed by atoms with E-state index in [1.165, 1.54) is 25.7 Å². The van der Waals surface area contributed by atoms with Gasteiger partial charge in [0.2, 0.25) is 0 Å². The Labute approximate surface area is 257 Å². The van der Waals surface area contributed by atoms with Gasteiger partial charge in [-0.25, -0.2) is 0 Å². The van der Waals surface area contributed by atoms with Gasteiger partial charge in [0.05, 0.1) is 18.3 Å². The van der Waals surface area contributed by atoms with E-state index in [4.69, 9.17) is 41.9 Å². The molecule has 4 aliphatic rings. The number of fused-ring (bicyclic) bond motifs is 5. The summed E-state index contributed by atoms with van der Waals surface area (Å²) in [5.41, 5.74) is 23.7. The van der Waals surface area contributed by atoms with Crippen molar-refractivity contribution in [1.82, 2.24) is 0 Å². The normalized spacial score (nSPS) is 39.6.